The van der Waals surface area contributed by atoms with E-state index in [1.165, 1.54) is 7.05 Å². The van der Waals surface area contributed by atoms with Crippen LogP contribution in [0.3, 0.4) is 0 Å². The molecule has 0 spiro atoms. The van der Waals surface area contributed by atoms with E-state index in [9.17, 15) is 9.59 Å². The summed E-state index contributed by atoms with van der Waals surface area (Å²) in [7, 11) is 4.73. The van der Waals surface area contributed by atoms with Crippen molar-refractivity contribution in [3.05, 3.63) is 23.8 Å². The Bertz CT molecular complexity index is 600. The number of amides is 3. The van der Waals surface area contributed by atoms with Gasteiger partial charge in [-0.3, -0.25) is 19.9 Å². The molecular formula is C17H26N4O4. The molecule has 3 amide bonds. The van der Waals surface area contributed by atoms with Crippen molar-refractivity contribution in [2.75, 3.05) is 54.0 Å². The number of nitrogens with zero attached hydrogens (tertiary/aromatic N) is 2. The number of rotatable bonds is 6. The Morgan fingerprint density at radius 2 is 1.68 bits per heavy atom. The molecule has 2 rings (SSSR count). The summed E-state index contributed by atoms with van der Waals surface area (Å²) in [6.07, 6.45) is 0. The largest absolute Gasteiger partial charge is 0.493 e. The van der Waals surface area contributed by atoms with Gasteiger partial charge in [-0.05, 0) is 17.7 Å². The predicted octanol–water partition coefficient (Wildman–Crippen LogP) is 0.277. The average molecular weight is 350 g/mol. The van der Waals surface area contributed by atoms with E-state index in [1.807, 2.05) is 23.1 Å². The molecule has 0 bridgehead atoms. The van der Waals surface area contributed by atoms with Gasteiger partial charge in [-0.1, -0.05) is 6.07 Å². The monoisotopic (exact) mass is 350 g/mol. The second-order valence-electron chi connectivity index (χ2n) is 5.87. The zero-order chi connectivity index (χ0) is 18.2. The van der Waals surface area contributed by atoms with Crippen molar-refractivity contribution in [1.29, 1.82) is 0 Å². The molecule has 0 unspecified atom stereocenters. The maximum Gasteiger partial charge on any atom is 0.321 e. The number of carbonyl (C=O) groups is 2. The van der Waals surface area contributed by atoms with Gasteiger partial charge < -0.3 is 14.8 Å². The smallest absolute Gasteiger partial charge is 0.321 e. The minimum atomic E-state index is -0.475. The maximum atomic E-state index is 11.7. The van der Waals surface area contributed by atoms with Crippen molar-refractivity contribution in [2.24, 2.45) is 0 Å². The van der Waals surface area contributed by atoms with Crippen LogP contribution in [0, 0.1) is 0 Å². The Morgan fingerprint density at radius 3 is 2.28 bits per heavy atom. The number of nitrogens with one attached hydrogen (secondary N) is 2. The van der Waals surface area contributed by atoms with Crippen LogP contribution < -0.4 is 20.1 Å². The Hall–Kier alpha value is -2.32. The highest BCUT2D eigenvalue weighted by atomic mass is 16.5. The SMILES string of the molecule is CNC(=O)NC(=O)CN1CCN(Cc2ccc(OC)c(OC)c2)CC1. The lowest BCUT2D eigenvalue weighted by Crippen LogP contribution is -2.50. The van der Waals surface area contributed by atoms with E-state index in [0.29, 0.717) is 0 Å². The molecule has 0 radical (unpaired) electrons. The Morgan fingerprint density at radius 1 is 1.04 bits per heavy atom. The molecule has 0 atom stereocenters. The average Bonchev–Trinajstić information content (AvgIpc) is 2.63. The molecular weight excluding hydrogens is 324 g/mol. The number of hydrogen-bond donors (Lipinski definition) is 2. The zero-order valence-corrected chi connectivity index (χ0v) is 15.0. The molecule has 1 heterocycles. The highest BCUT2D eigenvalue weighted by Gasteiger charge is 2.20. The number of piperazine rings is 1. The van der Waals surface area contributed by atoms with Crippen molar-refractivity contribution in [3.63, 3.8) is 0 Å². The molecule has 8 heteroatoms. The van der Waals surface area contributed by atoms with Gasteiger partial charge in [0.15, 0.2) is 11.5 Å². The third-order valence-electron chi connectivity index (χ3n) is 4.17. The molecule has 1 aromatic rings. The third-order valence-corrected chi connectivity index (χ3v) is 4.17. The lowest BCUT2D eigenvalue weighted by atomic mass is 10.1. The van der Waals surface area contributed by atoms with Gasteiger partial charge in [0, 0.05) is 39.8 Å². The van der Waals surface area contributed by atoms with E-state index in [2.05, 4.69) is 15.5 Å². The molecule has 25 heavy (non-hydrogen) atoms. The quantitative estimate of drug-likeness (QED) is 0.767. The van der Waals surface area contributed by atoms with Gasteiger partial charge in [-0.15, -0.1) is 0 Å². The maximum absolute atomic E-state index is 11.7. The van der Waals surface area contributed by atoms with Crippen LogP contribution in [0.2, 0.25) is 0 Å². The van der Waals surface area contributed by atoms with Crippen LogP contribution in [0.25, 0.3) is 0 Å². The summed E-state index contributed by atoms with van der Waals surface area (Å²) in [6, 6.07) is 5.46. The van der Waals surface area contributed by atoms with Crippen LogP contribution in [0.1, 0.15) is 5.56 Å². The van der Waals surface area contributed by atoms with Crippen LogP contribution >= 0.6 is 0 Å². The molecule has 138 valence electrons. The summed E-state index contributed by atoms with van der Waals surface area (Å²) in [6.45, 7) is 4.35. The van der Waals surface area contributed by atoms with E-state index in [-0.39, 0.29) is 12.5 Å². The molecule has 1 aliphatic rings. The number of methoxy groups -OCH3 is 2. The highest BCUT2D eigenvalue weighted by molar-refractivity contribution is 5.95. The molecule has 1 saturated heterocycles. The fourth-order valence-corrected chi connectivity index (χ4v) is 2.77. The first-order valence-corrected chi connectivity index (χ1v) is 8.23. The summed E-state index contributed by atoms with van der Waals surface area (Å²) in [5.74, 6) is 1.16. The van der Waals surface area contributed by atoms with Crippen LogP contribution in [0.5, 0.6) is 11.5 Å². The summed E-state index contributed by atoms with van der Waals surface area (Å²) >= 11 is 0. The summed E-state index contributed by atoms with van der Waals surface area (Å²) in [4.78, 5) is 27.2. The van der Waals surface area contributed by atoms with Gasteiger partial charge >= 0.3 is 6.03 Å². The molecule has 2 N–H and O–H groups in total. The Kier molecular flexibility index (Phi) is 7.03. The van der Waals surface area contributed by atoms with Gasteiger partial charge in [-0.25, -0.2) is 4.79 Å². The first-order valence-electron chi connectivity index (χ1n) is 8.23. The van der Waals surface area contributed by atoms with Gasteiger partial charge in [0.05, 0.1) is 20.8 Å². The predicted molar refractivity (Wildman–Crippen MR) is 93.9 cm³/mol. The number of carbonyl (C=O) groups excluding carboxylic acids is 2. The Labute approximate surface area is 148 Å². The minimum Gasteiger partial charge on any atom is -0.493 e. The first kappa shape index (κ1) is 19.0. The minimum absolute atomic E-state index is 0.234. The Balaban J connectivity index is 1.80. The van der Waals surface area contributed by atoms with Crippen molar-refractivity contribution < 1.29 is 19.1 Å². The van der Waals surface area contributed by atoms with Crippen molar-refractivity contribution in [3.8, 4) is 11.5 Å². The van der Waals surface area contributed by atoms with Gasteiger partial charge in [-0.2, -0.15) is 0 Å². The van der Waals surface area contributed by atoms with Crippen LogP contribution in [-0.4, -0.2) is 75.7 Å². The van der Waals surface area contributed by atoms with Crippen LogP contribution in [0.4, 0.5) is 4.79 Å². The number of hydrogen-bond acceptors (Lipinski definition) is 6. The fourth-order valence-electron chi connectivity index (χ4n) is 2.77. The van der Waals surface area contributed by atoms with E-state index >= 15 is 0 Å². The zero-order valence-electron chi connectivity index (χ0n) is 15.0. The molecule has 1 aromatic carbocycles. The second-order valence-corrected chi connectivity index (χ2v) is 5.87. The van der Waals surface area contributed by atoms with E-state index in [0.717, 1.165) is 49.8 Å². The topological polar surface area (TPSA) is 83.1 Å². The van der Waals surface area contributed by atoms with Crippen LogP contribution in [-0.2, 0) is 11.3 Å². The summed E-state index contributed by atoms with van der Waals surface area (Å²) in [5, 5.41) is 4.65. The van der Waals surface area contributed by atoms with Crippen LogP contribution in [0.15, 0.2) is 18.2 Å². The first-order chi connectivity index (χ1) is 12.0. The van der Waals surface area contributed by atoms with Crippen molar-refractivity contribution >= 4 is 11.9 Å². The number of imide groups is 1. The van der Waals surface area contributed by atoms with Gasteiger partial charge in [0.2, 0.25) is 5.91 Å². The van der Waals surface area contributed by atoms with E-state index in [1.54, 1.807) is 14.2 Å². The third kappa shape index (κ3) is 5.61. The molecule has 0 aromatic heterocycles. The summed E-state index contributed by atoms with van der Waals surface area (Å²) in [5.41, 5.74) is 1.16. The standard InChI is InChI=1S/C17H26N4O4/c1-18-17(23)19-16(22)12-21-8-6-20(7-9-21)11-13-4-5-14(24-2)15(10-13)25-3/h4-5,10H,6-9,11-12H2,1-3H3,(H2,18,19,22,23). The number of benzene rings is 1. The molecule has 0 saturated carbocycles. The van der Waals surface area contributed by atoms with Crippen molar-refractivity contribution in [1.82, 2.24) is 20.4 Å². The fraction of sp³-hybridized carbons (Fsp3) is 0.529. The summed E-state index contributed by atoms with van der Waals surface area (Å²) < 4.78 is 10.6. The highest BCUT2D eigenvalue weighted by Crippen LogP contribution is 2.28. The second kappa shape index (κ2) is 9.24. The van der Waals surface area contributed by atoms with Gasteiger partial charge in [0.1, 0.15) is 0 Å². The lowest BCUT2D eigenvalue weighted by molar-refractivity contribution is -0.121. The van der Waals surface area contributed by atoms with Crippen molar-refractivity contribution in [2.45, 2.75) is 6.54 Å². The lowest BCUT2D eigenvalue weighted by Gasteiger charge is -2.34. The normalized spacial score (nSPS) is 15.5. The molecule has 8 nitrogen and oxygen atoms in total. The molecule has 1 fully saturated rings. The number of urea groups is 1. The molecule has 0 aliphatic carbocycles. The van der Waals surface area contributed by atoms with E-state index in [4.69, 9.17) is 9.47 Å². The van der Waals surface area contributed by atoms with Gasteiger partial charge in [0.25, 0.3) is 0 Å². The number of ether oxygens (including phenoxy) is 2. The molecule has 1 aliphatic heterocycles. The van der Waals surface area contributed by atoms with E-state index < -0.39 is 6.03 Å².